The Hall–Kier alpha value is -3.32. The topological polar surface area (TPSA) is 68.2 Å². The fourth-order valence-electron chi connectivity index (χ4n) is 3.88. The van der Waals surface area contributed by atoms with Crippen molar-refractivity contribution in [3.63, 3.8) is 0 Å². The lowest BCUT2D eigenvalue weighted by Crippen LogP contribution is -2.27. The number of methoxy groups -OCH3 is 2. The van der Waals surface area contributed by atoms with Crippen molar-refractivity contribution in [2.24, 2.45) is 5.10 Å². The molecule has 7 heteroatoms. The molecule has 1 atom stereocenters. The van der Waals surface area contributed by atoms with Crippen LogP contribution in [0.4, 0.5) is 0 Å². The first-order valence-electron chi connectivity index (χ1n) is 10.3. The molecule has 3 aromatic rings. The lowest BCUT2D eigenvalue weighted by Gasteiger charge is -2.24. The van der Waals surface area contributed by atoms with E-state index in [2.05, 4.69) is 5.10 Å². The number of hydrogen-bond donors (Lipinski definition) is 0. The summed E-state index contributed by atoms with van der Waals surface area (Å²) in [5, 5.41) is 4.62. The number of benzene rings is 3. The summed E-state index contributed by atoms with van der Waals surface area (Å²) in [6, 6.07) is 19.9. The van der Waals surface area contributed by atoms with Crippen molar-refractivity contribution >= 4 is 15.7 Å². The molecule has 0 bridgehead atoms. The van der Waals surface area contributed by atoms with Crippen LogP contribution in [0, 0.1) is 13.8 Å². The first-order valence-corrected chi connectivity index (χ1v) is 11.8. The van der Waals surface area contributed by atoms with Gasteiger partial charge >= 0.3 is 0 Å². The number of rotatable bonds is 6. The molecule has 0 radical (unpaired) electrons. The molecule has 0 aliphatic carbocycles. The minimum atomic E-state index is -3.86. The van der Waals surface area contributed by atoms with Gasteiger partial charge in [0.15, 0.2) is 11.5 Å². The van der Waals surface area contributed by atoms with E-state index < -0.39 is 16.1 Å². The van der Waals surface area contributed by atoms with Gasteiger partial charge in [-0.05, 0) is 49.2 Å². The average Bonchev–Trinajstić information content (AvgIpc) is 3.25. The number of aryl methyl sites for hydroxylation is 2. The molecule has 6 nitrogen and oxygen atoms in total. The Morgan fingerprint density at radius 3 is 2.25 bits per heavy atom. The molecule has 4 rings (SSSR count). The predicted molar refractivity (Wildman–Crippen MR) is 125 cm³/mol. The van der Waals surface area contributed by atoms with Gasteiger partial charge in [-0.15, -0.1) is 0 Å². The molecule has 0 aromatic heterocycles. The zero-order valence-electron chi connectivity index (χ0n) is 18.6. The van der Waals surface area contributed by atoms with Crippen LogP contribution in [0.5, 0.6) is 11.5 Å². The number of hydrogen-bond acceptors (Lipinski definition) is 5. The molecule has 1 aliphatic heterocycles. The van der Waals surface area contributed by atoms with E-state index in [-0.39, 0.29) is 4.90 Å². The van der Waals surface area contributed by atoms with Gasteiger partial charge in [0, 0.05) is 12.0 Å². The van der Waals surface area contributed by atoms with Crippen LogP contribution in [0.15, 0.2) is 76.7 Å². The Labute approximate surface area is 189 Å². The fourth-order valence-corrected chi connectivity index (χ4v) is 5.55. The molecule has 1 heterocycles. The number of sulfonamides is 1. The van der Waals surface area contributed by atoms with E-state index in [9.17, 15) is 8.42 Å². The minimum Gasteiger partial charge on any atom is -0.493 e. The van der Waals surface area contributed by atoms with Crippen LogP contribution in [-0.2, 0) is 10.0 Å². The van der Waals surface area contributed by atoms with Crippen LogP contribution >= 0.6 is 0 Å². The van der Waals surface area contributed by atoms with Gasteiger partial charge in [0.2, 0.25) is 0 Å². The summed E-state index contributed by atoms with van der Waals surface area (Å²) >= 11 is 0. The third kappa shape index (κ3) is 3.96. The Kier molecular flexibility index (Phi) is 5.93. The molecule has 0 saturated heterocycles. The minimum absolute atomic E-state index is 0.259. The van der Waals surface area contributed by atoms with Crippen molar-refractivity contribution < 1.29 is 17.9 Å². The quantitative estimate of drug-likeness (QED) is 0.538. The van der Waals surface area contributed by atoms with E-state index in [1.807, 2.05) is 49.4 Å². The van der Waals surface area contributed by atoms with E-state index in [1.165, 1.54) is 4.41 Å². The van der Waals surface area contributed by atoms with E-state index >= 15 is 0 Å². The molecule has 0 fully saturated rings. The largest absolute Gasteiger partial charge is 0.493 e. The third-order valence-electron chi connectivity index (χ3n) is 5.67. The van der Waals surface area contributed by atoms with Gasteiger partial charge in [-0.25, -0.2) is 0 Å². The third-order valence-corrected chi connectivity index (χ3v) is 7.51. The predicted octanol–water partition coefficient (Wildman–Crippen LogP) is 4.86. The Morgan fingerprint density at radius 1 is 0.906 bits per heavy atom. The van der Waals surface area contributed by atoms with E-state index in [1.54, 1.807) is 45.4 Å². The van der Waals surface area contributed by atoms with E-state index in [0.29, 0.717) is 29.2 Å². The summed E-state index contributed by atoms with van der Waals surface area (Å²) in [7, 11) is -0.707. The highest BCUT2D eigenvalue weighted by atomic mass is 32.2. The standard InChI is InChI=1S/C25H26N2O4S/c1-17-9-11-19(12-10-17)22-16-21(20-13-14-23(30-3)24(15-20)31-4)26-27(22)32(28,29)25-8-6-5-7-18(25)2/h5-15,22H,16H2,1-4H3/t22-/m1/s1. The van der Waals surface area contributed by atoms with Gasteiger partial charge in [-0.2, -0.15) is 17.9 Å². The Bertz CT molecular complexity index is 1270. The van der Waals surface area contributed by atoms with Crippen molar-refractivity contribution in [1.29, 1.82) is 0 Å². The zero-order valence-corrected chi connectivity index (χ0v) is 19.4. The summed E-state index contributed by atoms with van der Waals surface area (Å²) in [5.74, 6) is 1.18. The zero-order chi connectivity index (χ0) is 22.9. The molecule has 0 amide bonds. The Morgan fingerprint density at radius 2 is 1.59 bits per heavy atom. The summed E-state index contributed by atoms with van der Waals surface area (Å²) < 4.78 is 39.4. The van der Waals surface area contributed by atoms with E-state index in [4.69, 9.17) is 9.47 Å². The molecule has 0 unspecified atom stereocenters. The molecule has 0 saturated carbocycles. The van der Waals surface area contributed by atoms with Gasteiger partial charge in [-0.1, -0.05) is 48.0 Å². The van der Waals surface area contributed by atoms with E-state index in [0.717, 1.165) is 16.7 Å². The van der Waals surface area contributed by atoms with Crippen LogP contribution in [0.3, 0.4) is 0 Å². The lowest BCUT2D eigenvalue weighted by molar-refractivity contribution is 0.355. The second-order valence-corrected chi connectivity index (χ2v) is 9.55. The molecular weight excluding hydrogens is 424 g/mol. The van der Waals surface area contributed by atoms with Gasteiger partial charge in [0.1, 0.15) is 0 Å². The molecule has 0 spiro atoms. The van der Waals surface area contributed by atoms with Gasteiger partial charge in [0.05, 0.1) is 30.9 Å². The monoisotopic (exact) mass is 450 g/mol. The first kappa shape index (κ1) is 21.9. The van der Waals surface area contributed by atoms with Crippen molar-refractivity contribution in [3.05, 3.63) is 89.0 Å². The Balaban J connectivity index is 1.82. The lowest BCUT2D eigenvalue weighted by atomic mass is 9.98. The number of hydrazone groups is 1. The summed E-state index contributed by atoms with van der Waals surface area (Å²) in [4.78, 5) is 0.259. The molecule has 1 aliphatic rings. The highest BCUT2D eigenvalue weighted by Gasteiger charge is 2.38. The number of nitrogens with zero attached hydrogens (tertiary/aromatic N) is 2. The fraction of sp³-hybridized carbons (Fsp3) is 0.240. The van der Waals surface area contributed by atoms with Crippen molar-refractivity contribution in [3.8, 4) is 11.5 Å². The maximum atomic E-state index is 13.7. The normalized spacial score (nSPS) is 16.1. The van der Waals surface area contributed by atoms with Crippen LogP contribution in [0.1, 0.15) is 34.7 Å². The molecule has 32 heavy (non-hydrogen) atoms. The maximum absolute atomic E-state index is 13.7. The number of ether oxygens (including phenoxy) is 2. The van der Waals surface area contributed by atoms with Crippen LogP contribution in [-0.4, -0.2) is 32.8 Å². The van der Waals surface area contributed by atoms with Crippen molar-refractivity contribution in [1.82, 2.24) is 4.41 Å². The second kappa shape index (κ2) is 8.67. The highest BCUT2D eigenvalue weighted by Crippen LogP contribution is 2.39. The average molecular weight is 451 g/mol. The van der Waals surface area contributed by atoms with Gasteiger partial charge in [0.25, 0.3) is 10.0 Å². The molecule has 0 N–H and O–H groups in total. The molecule has 3 aromatic carbocycles. The van der Waals surface area contributed by atoms with Crippen LogP contribution in [0.25, 0.3) is 0 Å². The summed E-state index contributed by atoms with van der Waals surface area (Å²) in [6.45, 7) is 3.80. The maximum Gasteiger partial charge on any atom is 0.279 e. The smallest absolute Gasteiger partial charge is 0.279 e. The molecule has 166 valence electrons. The van der Waals surface area contributed by atoms with Crippen LogP contribution < -0.4 is 9.47 Å². The van der Waals surface area contributed by atoms with Gasteiger partial charge < -0.3 is 9.47 Å². The van der Waals surface area contributed by atoms with Crippen molar-refractivity contribution in [2.75, 3.05) is 14.2 Å². The summed E-state index contributed by atoms with van der Waals surface area (Å²) in [5.41, 5.74) is 4.16. The second-order valence-electron chi connectivity index (χ2n) is 7.79. The first-order chi connectivity index (χ1) is 15.3. The van der Waals surface area contributed by atoms with Crippen molar-refractivity contribution in [2.45, 2.75) is 31.2 Å². The summed E-state index contributed by atoms with van der Waals surface area (Å²) in [6.07, 6.45) is 0.448. The SMILES string of the molecule is COc1ccc(C2=NN(S(=O)(=O)c3ccccc3C)[C@@H](c3ccc(C)cc3)C2)cc1OC. The van der Waals surface area contributed by atoms with Gasteiger partial charge in [-0.3, -0.25) is 0 Å². The molecular formula is C25H26N2O4S. The van der Waals surface area contributed by atoms with Crippen LogP contribution in [0.2, 0.25) is 0 Å². The highest BCUT2D eigenvalue weighted by molar-refractivity contribution is 7.89.